The molecule has 2 N–H and O–H groups in total. The Hall–Kier alpha value is -0.610. The number of nitrogens with two attached hydrogens (primary N) is 1. The molecule has 1 aromatic heterocycles. The molecule has 0 aliphatic carbocycles. The Bertz CT molecular complexity index is 275. The van der Waals surface area contributed by atoms with Crippen LogP contribution in [-0.4, -0.2) is 24.6 Å². The molecule has 0 bridgehead atoms. The van der Waals surface area contributed by atoms with Gasteiger partial charge in [-0.3, -0.25) is 4.98 Å². The van der Waals surface area contributed by atoms with Gasteiger partial charge in [0.25, 0.3) is 0 Å². The summed E-state index contributed by atoms with van der Waals surface area (Å²) in [6.45, 7) is 2.83. The number of nitrogens with zero attached hydrogens (tertiary/aromatic N) is 2. The van der Waals surface area contributed by atoms with Crippen LogP contribution in [0.5, 0.6) is 0 Å². The SMILES string of the molecule is CC(N)CN(C)c1ccncc1Br. The zero-order chi connectivity index (χ0) is 9.84. The van der Waals surface area contributed by atoms with Gasteiger partial charge in [0.05, 0.1) is 10.2 Å². The topological polar surface area (TPSA) is 42.1 Å². The van der Waals surface area contributed by atoms with Gasteiger partial charge in [-0.1, -0.05) is 0 Å². The molecule has 0 aromatic carbocycles. The molecule has 1 atom stereocenters. The van der Waals surface area contributed by atoms with Crippen LogP contribution in [0, 0.1) is 0 Å². The van der Waals surface area contributed by atoms with E-state index >= 15 is 0 Å². The maximum absolute atomic E-state index is 5.71. The average molecular weight is 244 g/mol. The van der Waals surface area contributed by atoms with Crippen LogP contribution in [0.3, 0.4) is 0 Å². The van der Waals surface area contributed by atoms with E-state index in [9.17, 15) is 0 Å². The fourth-order valence-electron chi connectivity index (χ4n) is 1.21. The average Bonchev–Trinajstić information content (AvgIpc) is 2.03. The summed E-state index contributed by atoms with van der Waals surface area (Å²) >= 11 is 3.44. The number of hydrogen-bond donors (Lipinski definition) is 1. The minimum absolute atomic E-state index is 0.171. The van der Waals surface area contributed by atoms with Crippen LogP contribution >= 0.6 is 15.9 Å². The summed E-state index contributed by atoms with van der Waals surface area (Å²) in [6.07, 6.45) is 3.56. The number of likely N-dealkylation sites (N-methyl/N-ethyl adjacent to an activating group) is 1. The van der Waals surface area contributed by atoms with E-state index in [0.29, 0.717) is 0 Å². The first-order valence-electron chi connectivity index (χ1n) is 4.17. The number of hydrogen-bond acceptors (Lipinski definition) is 3. The van der Waals surface area contributed by atoms with Crippen molar-refractivity contribution >= 4 is 21.6 Å². The molecule has 1 unspecified atom stereocenters. The van der Waals surface area contributed by atoms with E-state index in [1.54, 1.807) is 12.4 Å². The third-order valence-electron chi connectivity index (χ3n) is 1.72. The highest BCUT2D eigenvalue weighted by Gasteiger charge is 2.06. The largest absolute Gasteiger partial charge is 0.372 e. The summed E-state index contributed by atoms with van der Waals surface area (Å²) in [6, 6.07) is 2.14. The minimum atomic E-state index is 0.171. The Morgan fingerprint density at radius 3 is 2.92 bits per heavy atom. The summed E-state index contributed by atoms with van der Waals surface area (Å²) < 4.78 is 0.998. The van der Waals surface area contributed by atoms with Crippen LogP contribution in [0.4, 0.5) is 5.69 Å². The summed E-state index contributed by atoms with van der Waals surface area (Å²) in [5.74, 6) is 0. The van der Waals surface area contributed by atoms with Crippen molar-refractivity contribution in [3.63, 3.8) is 0 Å². The minimum Gasteiger partial charge on any atom is -0.372 e. The van der Waals surface area contributed by atoms with E-state index in [0.717, 1.165) is 16.7 Å². The van der Waals surface area contributed by atoms with Gasteiger partial charge in [0.2, 0.25) is 0 Å². The van der Waals surface area contributed by atoms with Crippen molar-refractivity contribution < 1.29 is 0 Å². The highest BCUT2D eigenvalue weighted by atomic mass is 79.9. The van der Waals surface area contributed by atoms with E-state index in [1.165, 1.54) is 0 Å². The summed E-state index contributed by atoms with van der Waals surface area (Å²) in [5, 5.41) is 0. The van der Waals surface area contributed by atoms with Crippen LogP contribution in [0.25, 0.3) is 0 Å². The predicted octanol–water partition coefficient (Wildman–Crippen LogP) is 1.63. The summed E-state index contributed by atoms with van der Waals surface area (Å²) in [7, 11) is 2.02. The molecule has 1 aromatic rings. The second kappa shape index (κ2) is 4.58. The molecule has 0 radical (unpaired) electrons. The standard InChI is InChI=1S/C9H14BrN3/c1-7(11)6-13(2)9-3-4-12-5-8(9)10/h3-5,7H,6,11H2,1-2H3. The molecule has 72 valence electrons. The van der Waals surface area contributed by atoms with Crippen LogP contribution < -0.4 is 10.6 Å². The lowest BCUT2D eigenvalue weighted by Gasteiger charge is -2.22. The molecule has 1 heterocycles. The maximum atomic E-state index is 5.71. The number of halogens is 1. The van der Waals surface area contributed by atoms with Gasteiger partial charge in [0.15, 0.2) is 0 Å². The lowest BCUT2D eigenvalue weighted by molar-refractivity contribution is 0.716. The number of pyridine rings is 1. The van der Waals surface area contributed by atoms with Gasteiger partial charge in [0.1, 0.15) is 0 Å². The van der Waals surface area contributed by atoms with Crippen LogP contribution in [0.2, 0.25) is 0 Å². The third kappa shape index (κ3) is 2.97. The molecule has 13 heavy (non-hydrogen) atoms. The molecule has 4 heteroatoms. The van der Waals surface area contributed by atoms with Crippen molar-refractivity contribution in [1.29, 1.82) is 0 Å². The second-order valence-corrected chi connectivity index (χ2v) is 4.04. The predicted molar refractivity (Wildman–Crippen MR) is 58.9 cm³/mol. The molecular weight excluding hydrogens is 230 g/mol. The van der Waals surface area contributed by atoms with Crippen molar-refractivity contribution in [3.8, 4) is 0 Å². The Labute approximate surface area is 87.1 Å². The molecule has 1 rings (SSSR count). The Morgan fingerprint density at radius 1 is 1.69 bits per heavy atom. The molecular formula is C9H14BrN3. The molecule has 0 aliphatic heterocycles. The fourth-order valence-corrected chi connectivity index (χ4v) is 1.76. The zero-order valence-corrected chi connectivity index (χ0v) is 9.45. The Kier molecular flexibility index (Phi) is 3.69. The van der Waals surface area contributed by atoms with Gasteiger partial charge in [-0.05, 0) is 28.9 Å². The number of aromatic nitrogens is 1. The van der Waals surface area contributed by atoms with Gasteiger partial charge < -0.3 is 10.6 Å². The third-order valence-corrected chi connectivity index (χ3v) is 2.34. The highest BCUT2D eigenvalue weighted by Crippen LogP contribution is 2.23. The molecule has 0 aliphatic rings. The van der Waals surface area contributed by atoms with Gasteiger partial charge in [-0.25, -0.2) is 0 Å². The molecule has 0 saturated carbocycles. The van der Waals surface area contributed by atoms with Crippen molar-refractivity contribution in [2.24, 2.45) is 5.73 Å². The van der Waals surface area contributed by atoms with Gasteiger partial charge in [0, 0.05) is 32.0 Å². The lowest BCUT2D eigenvalue weighted by atomic mass is 10.3. The van der Waals surface area contributed by atoms with E-state index in [4.69, 9.17) is 5.73 Å². The maximum Gasteiger partial charge on any atom is 0.0592 e. The highest BCUT2D eigenvalue weighted by molar-refractivity contribution is 9.10. The monoisotopic (exact) mass is 243 g/mol. The summed E-state index contributed by atoms with van der Waals surface area (Å²) in [4.78, 5) is 6.11. The van der Waals surface area contributed by atoms with Crippen LogP contribution in [-0.2, 0) is 0 Å². The second-order valence-electron chi connectivity index (χ2n) is 3.18. The molecule has 0 spiro atoms. The van der Waals surface area contributed by atoms with E-state index < -0.39 is 0 Å². The van der Waals surface area contributed by atoms with Crippen molar-refractivity contribution in [2.45, 2.75) is 13.0 Å². The van der Waals surface area contributed by atoms with Gasteiger partial charge in [-0.2, -0.15) is 0 Å². The smallest absolute Gasteiger partial charge is 0.0592 e. The molecule has 0 fully saturated rings. The van der Waals surface area contributed by atoms with Crippen LogP contribution in [0.15, 0.2) is 22.9 Å². The first kappa shape index (κ1) is 10.5. The quantitative estimate of drug-likeness (QED) is 0.878. The van der Waals surface area contributed by atoms with Crippen molar-refractivity contribution in [2.75, 3.05) is 18.5 Å². The van der Waals surface area contributed by atoms with E-state index in [1.807, 2.05) is 20.0 Å². The van der Waals surface area contributed by atoms with Gasteiger partial charge in [-0.15, -0.1) is 0 Å². The van der Waals surface area contributed by atoms with E-state index in [-0.39, 0.29) is 6.04 Å². The zero-order valence-electron chi connectivity index (χ0n) is 7.87. The molecule has 0 amide bonds. The lowest BCUT2D eigenvalue weighted by Crippen LogP contribution is -2.32. The normalized spacial score (nSPS) is 12.6. The van der Waals surface area contributed by atoms with E-state index in [2.05, 4.69) is 25.8 Å². The first-order valence-corrected chi connectivity index (χ1v) is 4.97. The number of anilines is 1. The van der Waals surface area contributed by atoms with Gasteiger partial charge >= 0.3 is 0 Å². The Morgan fingerprint density at radius 2 is 2.38 bits per heavy atom. The summed E-state index contributed by atoms with van der Waals surface area (Å²) in [5.41, 5.74) is 6.83. The fraction of sp³-hybridized carbons (Fsp3) is 0.444. The first-order chi connectivity index (χ1) is 6.11. The van der Waals surface area contributed by atoms with Crippen molar-refractivity contribution in [3.05, 3.63) is 22.9 Å². The van der Waals surface area contributed by atoms with Crippen LogP contribution in [0.1, 0.15) is 6.92 Å². The molecule has 3 nitrogen and oxygen atoms in total. The Balaban J connectivity index is 2.76. The molecule has 0 saturated heterocycles. The number of rotatable bonds is 3. The van der Waals surface area contributed by atoms with Crippen molar-refractivity contribution in [1.82, 2.24) is 4.98 Å².